The van der Waals surface area contributed by atoms with Gasteiger partial charge in [-0.1, -0.05) is 13.8 Å². The molecule has 2 aromatic carbocycles. The number of benzene rings is 2. The van der Waals surface area contributed by atoms with E-state index in [9.17, 15) is 14.4 Å². The summed E-state index contributed by atoms with van der Waals surface area (Å²) >= 11 is 0. The van der Waals surface area contributed by atoms with Crippen molar-refractivity contribution in [2.45, 2.75) is 46.1 Å². The standard InChI is InChI=1S/C23H30N4O3/c1-4-6-21(28)26-20-13-11-18(12-14-20)24-15-22(29)27-19-9-7-17(8-10-19)23(30)25-16(3)5-2/h7-14,16,24H,4-6,15H2,1-3H3,(H,25,30)(H,26,28)(H,27,29). The second-order valence-electron chi connectivity index (χ2n) is 7.14. The highest BCUT2D eigenvalue weighted by atomic mass is 16.2. The van der Waals surface area contributed by atoms with E-state index in [1.807, 2.05) is 20.8 Å². The lowest BCUT2D eigenvalue weighted by Crippen LogP contribution is -2.31. The maximum absolute atomic E-state index is 12.2. The maximum atomic E-state index is 12.2. The molecule has 3 amide bonds. The van der Waals surface area contributed by atoms with Gasteiger partial charge in [-0.3, -0.25) is 14.4 Å². The zero-order valence-corrected chi connectivity index (χ0v) is 17.7. The molecule has 2 rings (SSSR count). The Labute approximate surface area is 177 Å². The zero-order chi connectivity index (χ0) is 21.9. The Morgan fingerprint density at radius 1 is 0.800 bits per heavy atom. The number of carbonyl (C=O) groups is 3. The van der Waals surface area contributed by atoms with Crippen molar-refractivity contribution >= 4 is 34.8 Å². The summed E-state index contributed by atoms with van der Waals surface area (Å²) in [6.45, 7) is 6.02. The molecule has 2 aromatic rings. The van der Waals surface area contributed by atoms with Gasteiger partial charge in [0.25, 0.3) is 5.91 Å². The summed E-state index contributed by atoms with van der Waals surface area (Å²) in [4.78, 5) is 35.9. The highest BCUT2D eigenvalue weighted by molar-refractivity contribution is 5.97. The van der Waals surface area contributed by atoms with E-state index in [2.05, 4.69) is 21.3 Å². The lowest BCUT2D eigenvalue weighted by molar-refractivity contribution is -0.116. The summed E-state index contributed by atoms with van der Waals surface area (Å²) in [5.41, 5.74) is 2.67. The molecule has 0 saturated carbocycles. The molecule has 0 saturated heterocycles. The lowest BCUT2D eigenvalue weighted by atomic mass is 10.1. The summed E-state index contributed by atoms with van der Waals surface area (Å²) in [5, 5.41) is 11.6. The highest BCUT2D eigenvalue weighted by Crippen LogP contribution is 2.14. The number of carbonyl (C=O) groups excluding carboxylic acids is 3. The third-order valence-corrected chi connectivity index (χ3v) is 4.52. The number of hydrogen-bond acceptors (Lipinski definition) is 4. The third-order valence-electron chi connectivity index (χ3n) is 4.52. The molecule has 1 unspecified atom stereocenters. The van der Waals surface area contributed by atoms with Gasteiger partial charge in [0.15, 0.2) is 0 Å². The lowest BCUT2D eigenvalue weighted by Gasteiger charge is -2.12. The summed E-state index contributed by atoms with van der Waals surface area (Å²) in [6.07, 6.45) is 2.15. The van der Waals surface area contributed by atoms with Crippen LogP contribution in [-0.2, 0) is 9.59 Å². The predicted octanol–water partition coefficient (Wildman–Crippen LogP) is 4.00. The average Bonchev–Trinajstić information content (AvgIpc) is 2.73. The van der Waals surface area contributed by atoms with Gasteiger partial charge < -0.3 is 21.3 Å². The van der Waals surface area contributed by atoms with E-state index in [1.165, 1.54) is 0 Å². The van der Waals surface area contributed by atoms with Crippen LogP contribution in [0, 0.1) is 0 Å². The van der Waals surface area contributed by atoms with Crippen molar-refractivity contribution in [3.8, 4) is 0 Å². The van der Waals surface area contributed by atoms with Crippen LogP contribution >= 0.6 is 0 Å². The van der Waals surface area contributed by atoms with Gasteiger partial charge in [-0.15, -0.1) is 0 Å². The second kappa shape index (κ2) is 11.6. The molecule has 0 aliphatic rings. The fourth-order valence-corrected chi connectivity index (χ4v) is 2.62. The highest BCUT2D eigenvalue weighted by Gasteiger charge is 2.09. The van der Waals surface area contributed by atoms with Crippen LogP contribution in [0.15, 0.2) is 48.5 Å². The molecule has 0 spiro atoms. The van der Waals surface area contributed by atoms with Crippen LogP contribution < -0.4 is 21.3 Å². The largest absolute Gasteiger partial charge is 0.376 e. The smallest absolute Gasteiger partial charge is 0.251 e. The quantitative estimate of drug-likeness (QED) is 0.476. The Bertz CT molecular complexity index is 848. The van der Waals surface area contributed by atoms with E-state index in [0.717, 1.165) is 24.2 Å². The van der Waals surface area contributed by atoms with Gasteiger partial charge in [-0.2, -0.15) is 0 Å². The Balaban J connectivity index is 1.80. The number of nitrogens with one attached hydrogen (secondary N) is 4. The van der Waals surface area contributed by atoms with Crippen molar-refractivity contribution in [1.82, 2.24) is 5.32 Å². The Morgan fingerprint density at radius 3 is 1.90 bits per heavy atom. The van der Waals surface area contributed by atoms with E-state index in [0.29, 0.717) is 17.7 Å². The molecule has 0 aromatic heterocycles. The van der Waals surface area contributed by atoms with Crippen LogP contribution in [-0.4, -0.2) is 30.3 Å². The fraction of sp³-hybridized carbons (Fsp3) is 0.348. The zero-order valence-electron chi connectivity index (χ0n) is 17.7. The minimum Gasteiger partial charge on any atom is -0.376 e. The molecule has 160 valence electrons. The molecule has 7 heteroatoms. The number of hydrogen-bond donors (Lipinski definition) is 4. The molecular formula is C23H30N4O3. The van der Waals surface area contributed by atoms with Crippen LogP contribution in [0.3, 0.4) is 0 Å². The number of anilines is 3. The normalized spacial score (nSPS) is 11.3. The first kappa shape index (κ1) is 22.9. The molecule has 1 atom stereocenters. The monoisotopic (exact) mass is 410 g/mol. The first-order chi connectivity index (χ1) is 14.4. The van der Waals surface area contributed by atoms with Crippen LogP contribution in [0.25, 0.3) is 0 Å². The summed E-state index contributed by atoms with van der Waals surface area (Å²) in [6, 6.07) is 14.1. The van der Waals surface area contributed by atoms with Gasteiger partial charge in [0.2, 0.25) is 11.8 Å². The molecule has 0 fully saturated rings. The van der Waals surface area contributed by atoms with E-state index in [1.54, 1.807) is 48.5 Å². The van der Waals surface area contributed by atoms with Crippen molar-refractivity contribution in [3.63, 3.8) is 0 Å². The van der Waals surface area contributed by atoms with Crippen molar-refractivity contribution < 1.29 is 14.4 Å². The van der Waals surface area contributed by atoms with Crippen LogP contribution in [0.1, 0.15) is 50.4 Å². The van der Waals surface area contributed by atoms with Crippen molar-refractivity contribution in [2.75, 3.05) is 22.5 Å². The summed E-state index contributed by atoms with van der Waals surface area (Å²) < 4.78 is 0. The van der Waals surface area contributed by atoms with Crippen LogP contribution in [0.2, 0.25) is 0 Å². The van der Waals surface area contributed by atoms with Crippen molar-refractivity contribution in [2.24, 2.45) is 0 Å². The van der Waals surface area contributed by atoms with E-state index >= 15 is 0 Å². The molecule has 0 aliphatic heterocycles. The molecule has 7 nitrogen and oxygen atoms in total. The van der Waals surface area contributed by atoms with E-state index < -0.39 is 0 Å². The van der Waals surface area contributed by atoms with Gasteiger partial charge in [0, 0.05) is 35.1 Å². The first-order valence-electron chi connectivity index (χ1n) is 10.3. The Hall–Kier alpha value is -3.35. The van der Waals surface area contributed by atoms with Gasteiger partial charge in [-0.25, -0.2) is 0 Å². The second-order valence-corrected chi connectivity index (χ2v) is 7.14. The summed E-state index contributed by atoms with van der Waals surface area (Å²) in [7, 11) is 0. The molecule has 0 heterocycles. The predicted molar refractivity (Wildman–Crippen MR) is 121 cm³/mol. The van der Waals surface area contributed by atoms with Gasteiger partial charge in [-0.05, 0) is 68.3 Å². The van der Waals surface area contributed by atoms with Gasteiger partial charge >= 0.3 is 0 Å². The maximum Gasteiger partial charge on any atom is 0.251 e. The van der Waals surface area contributed by atoms with E-state index in [-0.39, 0.29) is 30.3 Å². The first-order valence-corrected chi connectivity index (χ1v) is 10.3. The molecule has 0 aliphatic carbocycles. The van der Waals surface area contributed by atoms with Gasteiger partial charge in [0.05, 0.1) is 6.54 Å². The van der Waals surface area contributed by atoms with Crippen molar-refractivity contribution in [1.29, 1.82) is 0 Å². The molecule has 0 radical (unpaired) electrons. The average molecular weight is 411 g/mol. The van der Waals surface area contributed by atoms with E-state index in [4.69, 9.17) is 0 Å². The molecular weight excluding hydrogens is 380 g/mol. The number of amides is 3. The minimum absolute atomic E-state index is 0.0130. The Morgan fingerprint density at radius 2 is 1.33 bits per heavy atom. The SMILES string of the molecule is CCCC(=O)Nc1ccc(NCC(=O)Nc2ccc(C(=O)NC(C)CC)cc2)cc1. The summed E-state index contributed by atoms with van der Waals surface area (Å²) in [5.74, 6) is -0.341. The molecule has 0 bridgehead atoms. The molecule has 4 N–H and O–H groups in total. The van der Waals surface area contributed by atoms with Crippen LogP contribution in [0.5, 0.6) is 0 Å². The Kier molecular flexibility index (Phi) is 8.87. The fourth-order valence-electron chi connectivity index (χ4n) is 2.62. The minimum atomic E-state index is -0.202. The topological polar surface area (TPSA) is 99.3 Å². The third kappa shape index (κ3) is 7.58. The van der Waals surface area contributed by atoms with Crippen LogP contribution in [0.4, 0.5) is 17.1 Å². The number of rotatable bonds is 10. The molecule has 30 heavy (non-hydrogen) atoms. The van der Waals surface area contributed by atoms with Crippen molar-refractivity contribution in [3.05, 3.63) is 54.1 Å². The van der Waals surface area contributed by atoms with Gasteiger partial charge in [0.1, 0.15) is 0 Å².